The molecule has 17 heteroatoms. The van der Waals surface area contributed by atoms with E-state index in [2.05, 4.69) is 53.1 Å². The lowest BCUT2D eigenvalue weighted by Crippen LogP contribution is -2.30. The largest absolute Gasteiger partial charge is 0.396 e. The Kier molecular flexibility index (Phi) is 25.6. The van der Waals surface area contributed by atoms with Crippen molar-refractivity contribution >= 4 is 55.5 Å². The Morgan fingerprint density at radius 2 is 0.911 bits per heavy atom. The van der Waals surface area contributed by atoms with E-state index in [-0.39, 0.29) is 78.3 Å². The molecule has 1 unspecified atom stereocenters. The van der Waals surface area contributed by atoms with Gasteiger partial charge in [-0.05, 0) is 12.3 Å². The van der Waals surface area contributed by atoms with Crippen LogP contribution < -0.4 is 21.3 Å². The first-order valence-corrected chi connectivity index (χ1v) is 17.4. The first-order valence-electron chi connectivity index (χ1n) is 15.1. The molecule has 0 heterocycles. The second kappa shape index (κ2) is 27.7. The number of rotatable bonds is 31. The zero-order chi connectivity index (χ0) is 33.0. The van der Waals surface area contributed by atoms with Crippen LogP contribution in [-0.2, 0) is 47.6 Å². The molecule has 0 saturated heterocycles. The number of hydrogen-bond donors (Lipinski definition) is 5. The van der Waals surface area contributed by atoms with Crippen LogP contribution >= 0.6 is 31.9 Å². The lowest BCUT2D eigenvalue weighted by atomic mass is 10.1. The Labute approximate surface area is 282 Å². The third kappa shape index (κ3) is 22.7. The molecule has 262 valence electrons. The van der Waals surface area contributed by atoms with Crippen LogP contribution in [0, 0.1) is 11.3 Å². The zero-order valence-electron chi connectivity index (χ0n) is 25.9. The van der Waals surface area contributed by atoms with Gasteiger partial charge in [0.25, 0.3) is 0 Å². The lowest BCUT2D eigenvalue weighted by Gasteiger charge is -2.18. The van der Waals surface area contributed by atoms with E-state index in [1.807, 2.05) is 0 Å². The number of aliphatic hydroxyl groups excluding tert-OH is 1. The number of ether oxygens (including phenoxy) is 6. The second-order valence-electron chi connectivity index (χ2n) is 10.2. The van der Waals surface area contributed by atoms with Gasteiger partial charge in [-0.15, -0.1) is 0 Å². The smallest absolute Gasteiger partial charge is 0.230 e. The van der Waals surface area contributed by atoms with Crippen molar-refractivity contribution in [3.05, 3.63) is 0 Å². The number of aliphatic hydroxyl groups is 1. The summed E-state index contributed by atoms with van der Waals surface area (Å²) in [4.78, 5) is 46.2. The van der Waals surface area contributed by atoms with Gasteiger partial charge in [-0.25, -0.2) is 0 Å². The third-order valence-electron chi connectivity index (χ3n) is 6.57. The summed E-state index contributed by atoms with van der Waals surface area (Å²) in [7, 11) is 0. The van der Waals surface area contributed by atoms with Gasteiger partial charge < -0.3 is 54.8 Å². The van der Waals surface area contributed by atoms with Gasteiger partial charge in [0, 0.05) is 51.0 Å². The van der Waals surface area contributed by atoms with Crippen LogP contribution in [0.25, 0.3) is 0 Å². The molecule has 0 aromatic heterocycles. The summed E-state index contributed by atoms with van der Waals surface area (Å²) >= 11 is 6.13. The van der Waals surface area contributed by atoms with Crippen LogP contribution in [0.4, 0.5) is 0 Å². The average Bonchev–Trinajstić information content (AvgIpc) is 3.75. The van der Waals surface area contributed by atoms with Crippen LogP contribution in [0.2, 0.25) is 0 Å². The van der Waals surface area contributed by atoms with E-state index in [9.17, 15) is 24.3 Å². The molecule has 45 heavy (non-hydrogen) atoms. The molecule has 4 amide bonds. The molecule has 1 aliphatic rings. The highest BCUT2D eigenvalue weighted by Crippen LogP contribution is 2.52. The topological polar surface area (TPSA) is 192 Å². The highest BCUT2D eigenvalue weighted by Gasteiger charge is 2.54. The minimum Gasteiger partial charge on any atom is -0.396 e. The Morgan fingerprint density at radius 3 is 1.22 bits per heavy atom. The summed E-state index contributed by atoms with van der Waals surface area (Å²) in [5, 5.41) is 21.0. The van der Waals surface area contributed by atoms with E-state index < -0.39 is 0 Å². The van der Waals surface area contributed by atoms with Gasteiger partial charge in [-0.3, -0.25) is 19.2 Å². The summed E-state index contributed by atoms with van der Waals surface area (Å²) in [6.45, 7) is 6.00. The molecule has 0 spiro atoms. The van der Waals surface area contributed by atoms with Crippen LogP contribution in [0.1, 0.15) is 19.3 Å². The van der Waals surface area contributed by atoms with Crippen LogP contribution in [-0.4, -0.2) is 151 Å². The average molecular weight is 779 g/mol. The molecular weight excluding hydrogens is 728 g/mol. The van der Waals surface area contributed by atoms with Crippen molar-refractivity contribution in [1.29, 1.82) is 0 Å². The third-order valence-corrected chi connectivity index (χ3v) is 7.58. The molecule has 0 radical (unpaired) electrons. The predicted molar refractivity (Wildman–Crippen MR) is 171 cm³/mol. The molecule has 15 nitrogen and oxygen atoms in total. The van der Waals surface area contributed by atoms with E-state index in [1.165, 1.54) is 0 Å². The highest BCUT2D eigenvalue weighted by molar-refractivity contribution is 9.09. The van der Waals surface area contributed by atoms with Crippen LogP contribution in [0.5, 0.6) is 0 Å². The van der Waals surface area contributed by atoms with Crippen molar-refractivity contribution in [2.45, 2.75) is 19.3 Å². The summed E-state index contributed by atoms with van der Waals surface area (Å²) in [6, 6.07) is 0. The number of nitrogens with one attached hydrogen (secondary N) is 4. The quantitative estimate of drug-likeness (QED) is 0.0434. The second-order valence-corrected chi connectivity index (χ2v) is 11.3. The van der Waals surface area contributed by atoms with E-state index >= 15 is 0 Å². The molecular formula is C28H50Br2N4O11. The highest BCUT2D eigenvalue weighted by atomic mass is 79.9. The molecule has 0 aromatic rings. The summed E-state index contributed by atoms with van der Waals surface area (Å²) < 4.78 is 32.9. The minimum atomic E-state index is -0.299. The molecule has 5 N–H and O–H groups in total. The monoisotopic (exact) mass is 776 g/mol. The molecule has 1 fully saturated rings. The summed E-state index contributed by atoms with van der Waals surface area (Å²) in [5.74, 6) is -0.398. The standard InChI is InChI=1S/C28H50Br2N4O11/c29-18-26(38)33-5-11-42-15-13-40-9-3-31-24(36)1-7-44-21-28(17-23(28)20-35)22-45-8-2-25(37)32-4-10-41-14-16-43-12-6-34-27(39)19-30/h23,35H,1-22H2,(H,31,36)(H,32,37)(H,33,38)(H,34,39). The van der Waals surface area contributed by atoms with Gasteiger partial charge in [0.15, 0.2) is 0 Å². The van der Waals surface area contributed by atoms with Crippen LogP contribution in [0.3, 0.4) is 0 Å². The van der Waals surface area contributed by atoms with Crippen LogP contribution in [0.15, 0.2) is 0 Å². The van der Waals surface area contributed by atoms with E-state index in [4.69, 9.17) is 28.4 Å². The zero-order valence-corrected chi connectivity index (χ0v) is 29.1. The van der Waals surface area contributed by atoms with Crippen molar-refractivity contribution < 1.29 is 52.7 Å². The molecule has 0 bridgehead atoms. The first-order chi connectivity index (χ1) is 21.9. The summed E-state index contributed by atoms with van der Waals surface area (Å²) in [6.07, 6.45) is 1.18. The Hall–Kier alpha value is -1.44. The molecule has 1 atom stereocenters. The molecule has 0 aromatic carbocycles. The normalized spacial score (nSPS) is 15.0. The molecule has 0 aliphatic heterocycles. The maximum Gasteiger partial charge on any atom is 0.230 e. The number of carbonyl (C=O) groups excluding carboxylic acids is 4. The van der Waals surface area contributed by atoms with Gasteiger partial charge in [0.2, 0.25) is 23.6 Å². The number of halogens is 2. The van der Waals surface area contributed by atoms with E-state index in [1.54, 1.807) is 0 Å². The van der Waals surface area contributed by atoms with Crippen molar-refractivity contribution in [3.63, 3.8) is 0 Å². The molecule has 1 rings (SSSR count). The van der Waals surface area contributed by atoms with Gasteiger partial charge in [-0.1, -0.05) is 31.9 Å². The predicted octanol–water partition coefficient (Wildman–Crippen LogP) is -0.881. The number of hydrogen-bond acceptors (Lipinski definition) is 11. The lowest BCUT2D eigenvalue weighted by molar-refractivity contribution is -0.123. The van der Waals surface area contributed by atoms with E-state index in [0.717, 1.165) is 6.42 Å². The fourth-order valence-corrected chi connectivity index (χ4v) is 4.33. The number of amides is 4. The minimum absolute atomic E-state index is 0.0329. The van der Waals surface area contributed by atoms with Crippen molar-refractivity contribution in [2.24, 2.45) is 11.3 Å². The van der Waals surface area contributed by atoms with Gasteiger partial charge in [-0.2, -0.15) is 0 Å². The SMILES string of the molecule is O=C(CBr)NCCOCCOCCNC(=O)CCOCC1(COCCC(=O)NCCOCCOCCNC(=O)CBr)CC1CO. The Bertz CT molecular complexity index is 773. The first kappa shape index (κ1) is 41.6. The fraction of sp³-hybridized carbons (Fsp3) is 0.857. The number of carbonyl (C=O) groups is 4. The fourth-order valence-electron chi connectivity index (χ4n) is 3.93. The maximum atomic E-state index is 12.0. The van der Waals surface area contributed by atoms with Crippen molar-refractivity contribution in [2.75, 3.05) is 123 Å². The van der Waals surface area contributed by atoms with Gasteiger partial charge in [0.05, 0.1) is 89.9 Å². The van der Waals surface area contributed by atoms with Gasteiger partial charge in [0.1, 0.15) is 0 Å². The van der Waals surface area contributed by atoms with Crippen molar-refractivity contribution in [1.82, 2.24) is 21.3 Å². The van der Waals surface area contributed by atoms with Crippen molar-refractivity contribution in [3.8, 4) is 0 Å². The molecule has 1 aliphatic carbocycles. The summed E-state index contributed by atoms with van der Waals surface area (Å²) in [5.41, 5.74) is -0.299. The Balaban J connectivity index is 1.97. The Morgan fingerprint density at radius 1 is 0.556 bits per heavy atom. The molecule has 1 saturated carbocycles. The maximum absolute atomic E-state index is 12.0. The number of alkyl halides is 2. The van der Waals surface area contributed by atoms with Gasteiger partial charge >= 0.3 is 0 Å². The van der Waals surface area contributed by atoms with E-state index in [0.29, 0.717) is 92.2 Å².